The Labute approximate surface area is 144 Å². The Kier molecular flexibility index (Phi) is 4.35. The third-order valence-electron chi connectivity index (χ3n) is 6.34. The summed E-state index contributed by atoms with van der Waals surface area (Å²) < 4.78 is 5.79. The number of nitrogens with one attached hydrogen (secondary N) is 1. The molecule has 0 radical (unpaired) electrons. The molecule has 3 fully saturated rings. The molecule has 130 valence electrons. The van der Waals surface area contributed by atoms with E-state index in [4.69, 9.17) is 4.74 Å². The summed E-state index contributed by atoms with van der Waals surface area (Å²) in [6.45, 7) is 7.68. The molecular weight excluding hydrogens is 300 g/mol. The highest BCUT2D eigenvalue weighted by molar-refractivity contribution is 5.79. The average molecular weight is 328 g/mol. The first kappa shape index (κ1) is 16.1. The maximum Gasteiger partial charge on any atom is 0.223 e. The monoisotopic (exact) mass is 328 g/mol. The summed E-state index contributed by atoms with van der Waals surface area (Å²) in [5, 5.41) is 3.24. The van der Waals surface area contributed by atoms with Crippen molar-refractivity contribution in [3.63, 3.8) is 0 Å². The van der Waals surface area contributed by atoms with Crippen molar-refractivity contribution in [2.24, 2.45) is 17.3 Å². The summed E-state index contributed by atoms with van der Waals surface area (Å²) in [6, 6.07) is 8.63. The Morgan fingerprint density at radius 2 is 2.21 bits per heavy atom. The van der Waals surface area contributed by atoms with Gasteiger partial charge in [-0.05, 0) is 30.9 Å². The molecule has 24 heavy (non-hydrogen) atoms. The van der Waals surface area contributed by atoms with E-state index in [1.165, 1.54) is 17.5 Å². The molecule has 0 spiro atoms. The lowest BCUT2D eigenvalue weighted by molar-refractivity contribution is -0.127. The highest BCUT2D eigenvalue weighted by Gasteiger charge is 2.50. The van der Waals surface area contributed by atoms with Gasteiger partial charge in [-0.1, -0.05) is 30.7 Å². The summed E-state index contributed by atoms with van der Waals surface area (Å²) in [5.41, 5.74) is 2.88. The maximum absolute atomic E-state index is 12.2. The van der Waals surface area contributed by atoms with Gasteiger partial charge in [0.2, 0.25) is 5.91 Å². The lowest BCUT2D eigenvalue weighted by Gasteiger charge is -2.30. The van der Waals surface area contributed by atoms with Crippen LogP contribution in [0.2, 0.25) is 0 Å². The summed E-state index contributed by atoms with van der Waals surface area (Å²) in [7, 11) is 0. The van der Waals surface area contributed by atoms with Gasteiger partial charge >= 0.3 is 0 Å². The zero-order valence-electron chi connectivity index (χ0n) is 14.6. The van der Waals surface area contributed by atoms with Gasteiger partial charge in [0.05, 0.1) is 13.2 Å². The van der Waals surface area contributed by atoms with E-state index in [1.54, 1.807) is 0 Å². The minimum atomic E-state index is 0.113. The lowest BCUT2D eigenvalue weighted by Crippen LogP contribution is -2.45. The van der Waals surface area contributed by atoms with Crippen LogP contribution in [0, 0.1) is 24.2 Å². The van der Waals surface area contributed by atoms with Gasteiger partial charge in [-0.2, -0.15) is 0 Å². The molecule has 0 unspecified atom stereocenters. The van der Waals surface area contributed by atoms with Gasteiger partial charge in [-0.15, -0.1) is 0 Å². The highest BCUT2D eigenvalue weighted by atomic mass is 16.5. The van der Waals surface area contributed by atoms with Crippen LogP contribution < -0.4 is 5.32 Å². The maximum atomic E-state index is 12.2. The molecule has 2 atom stereocenters. The molecule has 2 saturated heterocycles. The van der Waals surface area contributed by atoms with Crippen molar-refractivity contribution in [3.05, 3.63) is 35.4 Å². The van der Waals surface area contributed by atoms with Crippen LogP contribution in [0.3, 0.4) is 0 Å². The first-order valence-corrected chi connectivity index (χ1v) is 9.29. The number of likely N-dealkylation sites (tertiary alicyclic amines) is 1. The standard InChI is InChI=1S/C20H28N2O2/c1-15-5-2-3-6-17(15)9-22-10-18-11-24-14-20(18,13-22)12-21-19(23)16-7-4-8-16/h2-3,5-6,16,18H,4,7-14H2,1H3,(H,21,23)/t18-,20+/m1/s1. The molecule has 2 heterocycles. The van der Waals surface area contributed by atoms with Gasteiger partial charge in [0, 0.05) is 43.4 Å². The molecule has 2 aliphatic heterocycles. The summed E-state index contributed by atoms with van der Waals surface area (Å²) in [4.78, 5) is 14.8. The van der Waals surface area contributed by atoms with E-state index in [0.29, 0.717) is 5.92 Å². The van der Waals surface area contributed by atoms with Crippen LogP contribution >= 0.6 is 0 Å². The molecule has 1 aliphatic carbocycles. The third kappa shape index (κ3) is 2.98. The molecule has 0 aromatic heterocycles. The Hall–Kier alpha value is -1.39. The number of rotatable bonds is 5. The number of nitrogens with zero attached hydrogens (tertiary/aromatic N) is 1. The first-order chi connectivity index (χ1) is 11.7. The van der Waals surface area contributed by atoms with E-state index in [0.717, 1.165) is 52.2 Å². The van der Waals surface area contributed by atoms with E-state index < -0.39 is 0 Å². The number of carbonyl (C=O) groups is 1. The van der Waals surface area contributed by atoms with Crippen LogP contribution in [0.4, 0.5) is 0 Å². The fourth-order valence-electron chi connectivity index (χ4n) is 4.42. The third-order valence-corrected chi connectivity index (χ3v) is 6.34. The summed E-state index contributed by atoms with van der Waals surface area (Å²) >= 11 is 0. The number of hydrogen-bond acceptors (Lipinski definition) is 3. The molecule has 1 aromatic carbocycles. The van der Waals surface area contributed by atoms with E-state index in [1.807, 2.05) is 0 Å². The van der Waals surface area contributed by atoms with Crippen molar-refractivity contribution < 1.29 is 9.53 Å². The van der Waals surface area contributed by atoms with Gasteiger partial charge in [0.1, 0.15) is 0 Å². The zero-order chi connectivity index (χ0) is 16.6. The van der Waals surface area contributed by atoms with Gasteiger partial charge in [0.25, 0.3) is 0 Å². The van der Waals surface area contributed by atoms with Gasteiger partial charge < -0.3 is 10.1 Å². The Morgan fingerprint density at radius 1 is 1.38 bits per heavy atom. The second-order valence-electron chi connectivity index (χ2n) is 8.02. The van der Waals surface area contributed by atoms with Crippen molar-refractivity contribution in [3.8, 4) is 0 Å². The van der Waals surface area contributed by atoms with Crippen LogP contribution in [0.5, 0.6) is 0 Å². The number of hydrogen-bond donors (Lipinski definition) is 1. The minimum Gasteiger partial charge on any atom is -0.380 e. The van der Waals surface area contributed by atoms with Crippen LogP contribution in [-0.2, 0) is 16.1 Å². The van der Waals surface area contributed by atoms with Gasteiger partial charge in [0.15, 0.2) is 0 Å². The highest BCUT2D eigenvalue weighted by Crippen LogP contribution is 2.41. The Balaban J connectivity index is 1.39. The van der Waals surface area contributed by atoms with Crippen LogP contribution in [0.25, 0.3) is 0 Å². The first-order valence-electron chi connectivity index (χ1n) is 9.29. The molecule has 1 N–H and O–H groups in total. The molecule has 1 amide bonds. The van der Waals surface area contributed by atoms with Crippen molar-refractivity contribution in [1.82, 2.24) is 10.2 Å². The average Bonchev–Trinajstić information content (AvgIpc) is 3.02. The molecule has 0 bridgehead atoms. The molecule has 3 aliphatic rings. The SMILES string of the molecule is Cc1ccccc1CN1C[C@@H]2COC[C@]2(CNC(=O)C2CCC2)C1. The second kappa shape index (κ2) is 6.49. The van der Waals surface area contributed by atoms with Crippen LogP contribution in [0.15, 0.2) is 24.3 Å². The second-order valence-corrected chi connectivity index (χ2v) is 8.02. The topological polar surface area (TPSA) is 41.6 Å². The molecular formula is C20H28N2O2. The molecule has 1 aromatic rings. The fourth-order valence-corrected chi connectivity index (χ4v) is 4.42. The van der Waals surface area contributed by atoms with E-state index in [-0.39, 0.29) is 17.2 Å². The Bertz CT molecular complexity index is 613. The summed E-state index contributed by atoms with van der Waals surface area (Å²) in [6.07, 6.45) is 3.34. The smallest absolute Gasteiger partial charge is 0.223 e. The molecule has 4 heteroatoms. The Morgan fingerprint density at radius 3 is 2.96 bits per heavy atom. The quantitative estimate of drug-likeness (QED) is 0.902. The minimum absolute atomic E-state index is 0.113. The number of amides is 1. The van der Waals surface area contributed by atoms with Gasteiger partial charge in [-0.25, -0.2) is 0 Å². The summed E-state index contributed by atoms with van der Waals surface area (Å²) in [5.74, 6) is 1.08. The van der Waals surface area contributed by atoms with E-state index >= 15 is 0 Å². The van der Waals surface area contributed by atoms with Crippen LogP contribution in [0.1, 0.15) is 30.4 Å². The number of ether oxygens (including phenoxy) is 1. The largest absolute Gasteiger partial charge is 0.380 e. The number of aryl methyl sites for hydroxylation is 1. The predicted molar refractivity (Wildman–Crippen MR) is 93.5 cm³/mol. The molecule has 1 saturated carbocycles. The van der Waals surface area contributed by atoms with E-state index in [9.17, 15) is 4.79 Å². The number of benzene rings is 1. The predicted octanol–water partition coefficient (Wildman–Crippen LogP) is 2.36. The zero-order valence-corrected chi connectivity index (χ0v) is 14.6. The molecule has 4 rings (SSSR count). The van der Waals surface area contributed by atoms with E-state index in [2.05, 4.69) is 41.4 Å². The van der Waals surface area contributed by atoms with Crippen LogP contribution in [-0.4, -0.2) is 43.7 Å². The number of fused-ring (bicyclic) bond motifs is 1. The lowest BCUT2D eigenvalue weighted by atomic mass is 9.80. The molecule has 4 nitrogen and oxygen atoms in total. The number of carbonyl (C=O) groups excluding carboxylic acids is 1. The van der Waals surface area contributed by atoms with Gasteiger partial charge in [-0.3, -0.25) is 9.69 Å². The normalized spacial score (nSPS) is 30.1. The van der Waals surface area contributed by atoms with Crippen molar-refractivity contribution >= 4 is 5.91 Å². The van der Waals surface area contributed by atoms with Crippen molar-refractivity contribution in [2.75, 3.05) is 32.8 Å². The van der Waals surface area contributed by atoms with Crippen molar-refractivity contribution in [2.45, 2.75) is 32.7 Å². The fraction of sp³-hybridized carbons (Fsp3) is 0.650. The van der Waals surface area contributed by atoms with Crippen molar-refractivity contribution in [1.29, 1.82) is 0 Å².